The second-order valence-corrected chi connectivity index (χ2v) is 7.82. The van der Waals surface area contributed by atoms with Gasteiger partial charge in [-0.2, -0.15) is 0 Å². The first-order valence-electron chi connectivity index (χ1n) is 8.40. The van der Waals surface area contributed by atoms with Gasteiger partial charge in [-0.25, -0.2) is 0 Å². The smallest absolute Gasteiger partial charge is 0.262 e. The summed E-state index contributed by atoms with van der Waals surface area (Å²) < 4.78 is 7.61. The first-order chi connectivity index (χ1) is 13.1. The minimum atomic E-state index is -0.200. The number of benzene rings is 4. The van der Waals surface area contributed by atoms with Crippen LogP contribution in [0.25, 0.3) is 21.5 Å². The maximum atomic E-state index is 12.4. The van der Waals surface area contributed by atoms with Crippen LogP contribution in [0.3, 0.4) is 0 Å². The SMILES string of the molecule is O=C(COc1ccc2cc(Br)ccc2c1Br)Nc1cccc2ccccc12. The standard InChI is InChI=1S/C22H15Br2NO2/c23-16-9-10-18-15(12-16)8-11-20(22(18)24)27-13-21(26)25-19-7-3-5-14-4-1-2-6-17(14)19/h1-12H,13H2,(H,25,26). The number of carbonyl (C=O) groups is 1. The third kappa shape index (κ3) is 3.84. The molecular formula is C22H15Br2NO2. The zero-order valence-electron chi connectivity index (χ0n) is 14.2. The van der Waals surface area contributed by atoms with Crippen molar-refractivity contribution < 1.29 is 9.53 Å². The molecule has 4 rings (SSSR count). The Morgan fingerprint density at radius 1 is 0.852 bits per heavy atom. The molecule has 0 saturated heterocycles. The lowest BCUT2D eigenvalue weighted by molar-refractivity contribution is -0.118. The fraction of sp³-hybridized carbons (Fsp3) is 0.0455. The quantitative estimate of drug-likeness (QED) is 0.357. The first-order valence-corrected chi connectivity index (χ1v) is 9.98. The highest BCUT2D eigenvalue weighted by Crippen LogP contribution is 2.34. The molecule has 0 aliphatic rings. The number of halogens is 2. The fourth-order valence-electron chi connectivity index (χ4n) is 3.02. The van der Waals surface area contributed by atoms with Crippen molar-refractivity contribution in [3.05, 3.63) is 81.7 Å². The summed E-state index contributed by atoms with van der Waals surface area (Å²) >= 11 is 7.06. The van der Waals surface area contributed by atoms with Gasteiger partial charge >= 0.3 is 0 Å². The molecule has 27 heavy (non-hydrogen) atoms. The minimum absolute atomic E-state index is 0.0656. The van der Waals surface area contributed by atoms with Gasteiger partial charge in [0.1, 0.15) is 5.75 Å². The Morgan fingerprint density at radius 2 is 1.67 bits per heavy atom. The predicted molar refractivity (Wildman–Crippen MR) is 117 cm³/mol. The highest BCUT2D eigenvalue weighted by Gasteiger charge is 2.10. The van der Waals surface area contributed by atoms with E-state index < -0.39 is 0 Å². The van der Waals surface area contributed by atoms with Crippen molar-refractivity contribution in [3.63, 3.8) is 0 Å². The van der Waals surface area contributed by atoms with Crippen LogP contribution in [-0.4, -0.2) is 12.5 Å². The molecule has 0 aromatic heterocycles. The molecule has 1 N–H and O–H groups in total. The lowest BCUT2D eigenvalue weighted by Crippen LogP contribution is -2.20. The minimum Gasteiger partial charge on any atom is -0.483 e. The van der Waals surface area contributed by atoms with Crippen molar-refractivity contribution in [1.82, 2.24) is 0 Å². The number of fused-ring (bicyclic) bond motifs is 2. The van der Waals surface area contributed by atoms with Crippen molar-refractivity contribution in [2.75, 3.05) is 11.9 Å². The number of carbonyl (C=O) groups excluding carboxylic acids is 1. The molecule has 0 bridgehead atoms. The monoisotopic (exact) mass is 483 g/mol. The van der Waals surface area contributed by atoms with E-state index in [0.29, 0.717) is 5.75 Å². The van der Waals surface area contributed by atoms with Gasteiger partial charge in [0, 0.05) is 15.5 Å². The van der Waals surface area contributed by atoms with Crippen molar-refractivity contribution in [1.29, 1.82) is 0 Å². The maximum absolute atomic E-state index is 12.4. The lowest BCUT2D eigenvalue weighted by Gasteiger charge is -2.12. The summed E-state index contributed by atoms with van der Waals surface area (Å²) in [6.45, 7) is -0.0656. The van der Waals surface area contributed by atoms with Crippen LogP contribution in [0.1, 0.15) is 0 Å². The fourth-order valence-corrected chi connectivity index (χ4v) is 4.00. The number of hydrogen-bond donors (Lipinski definition) is 1. The van der Waals surface area contributed by atoms with E-state index in [-0.39, 0.29) is 12.5 Å². The maximum Gasteiger partial charge on any atom is 0.262 e. The molecule has 4 aromatic carbocycles. The largest absolute Gasteiger partial charge is 0.483 e. The summed E-state index contributed by atoms with van der Waals surface area (Å²) in [5, 5.41) is 7.14. The van der Waals surface area contributed by atoms with Crippen LogP contribution < -0.4 is 10.1 Å². The van der Waals surface area contributed by atoms with Crippen molar-refractivity contribution in [2.45, 2.75) is 0 Å². The third-order valence-electron chi connectivity index (χ3n) is 4.30. The summed E-state index contributed by atoms with van der Waals surface area (Å²) in [6, 6.07) is 23.6. The molecule has 3 nitrogen and oxygen atoms in total. The Bertz CT molecular complexity index is 1150. The summed E-state index contributed by atoms with van der Waals surface area (Å²) in [5.41, 5.74) is 0.782. The van der Waals surface area contributed by atoms with Gasteiger partial charge in [-0.3, -0.25) is 4.79 Å². The van der Waals surface area contributed by atoms with E-state index in [1.807, 2.05) is 72.8 Å². The molecule has 5 heteroatoms. The molecular weight excluding hydrogens is 470 g/mol. The molecule has 0 radical (unpaired) electrons. The van der Waals surface area contributed by atoms with Crippen LogP contribution >= 0.6 is 31.9 Å². The zero-order valence-corrected chi connectivity index (χ0v) is 17.4. The number of rotatable bonds is 4. The second kappa shape index (κ2) is 7.71. The summed E-state index contributed by atoms with van der Waals surface area (Å²) in [5.74, 6) is 0.437. The van der Waals surface area contributed by atoms with Crippen molar-refractivity contribution in [3.8, 4) is 5.75 Å². The molecule has 0 aliphatic carbocycles. The number of ether oxygens (including phenoxy) is 1. The molecule has 1 amide bonds. The first kappa shape index (κ1) is 18.0. The highest BCUT2D eigenvalue weighted by atomic mass is 79.9. The Hall–Kier alpha value is -2.37. The van der Waals surface area contributed by atoms with E-state index in [2.05, 4.69) is 37.2 Å². The van der Waals surface area contributed by atoms with Gasteiger partial charge in [0.25, 0.3) is 5.91 Å². The van der Waals surface area contributed by atoms with Gasteiger partial charge in [0.15, 0.2) is 6.61 Å². The van der Waals surface area contributed by atoms with E-state index in [0.717, 1.165) is 36.2 Å². The predicted octanol–water partition coefficient (Wildman–Crippen LogP) is 6.54. The summed E-state index contributed by atoms with van der Waals surface area (Å²) in [7, 11) is 0. The molecule has 134 valence electrons. The van der Waals surface area contributed by atoms with E-state index in [1.54, 1.807) is 0 Å². The van der Waals surface area contributed by atoms with E-state index in [1.165, 1.54) is 0 Å². The van der Waals surface area contributed by atoms with Crippen LogP contribution in [0.2, 0.25) is 0 Å². The number of anilines is 1. The topological polar surface area (TPSA) is 38.3 Å². The Kier molecular flexibility index (Phi) is 5.14. The van der Waals surface area contributed by atoms with Gasteiger partial charge in [0.2, 0.25) is 0 Å². The molecule has 0 spiro atoms. The van der Waals surface area contributed by atoms with E-state index in [4.69, 9.17) is 4.74 Å². The number of amides is 1. The normalized spacial score (nSPS) is 10.9. The average Bonchev–Trinajstić information content (AvgIpc) is 2.68. The van der Waals surface area contributed by atoms with E-state index >= 15 is 0 Å². The summed E-state index contributed by atoms with van der Waals surface area (Å²) in [6.07, 6.45) is 0. The van der Waals surface area contributed by atoms with Crippen LogP contribution in [0.15, 0.2) is 81.7 Å². The average molecular weight is 485 g/mol. The van der Waals surface area contributed by atoms with Crippen molar-refractivity contribution >= 4 is 65.0 Å². The molecule has 4 aromatic rings. The third-order valence-corrected chi connectivity index (χ3v) is 5.61. The molecule has 0 aliphatic heterocycles. The molecule has 0 unspecified atom stereocenters. The number of nitrogens with one attached hydrogen (secondary N) is 1. The van der Waals surface area contributed by atoms with Crippen molar-refractivity contribution in [2.24, 2.45) is 0 Å². The Labute approximate surface area is 173 Å². The molecule has 0 fully saturated rings. The second-order valence-electron chi connectivity index (χ2n) is 6.11. The van der Waals surface area contributed by atoms with Gasteiger partial charge in [0.05, 0.1) is 4.47 Å². The zero-order chi connectivity index (χ0) is 18.8. The van der Waals surface area contributed by atoms with Crippen LogP contribution in [-0.2, 0) is 4.79 Å². The van der Waals surface area contributed by atoms with Crippen LogP contribution in [0.5, 0.6) is 5.75 Å². The van der Waals surface area contributed by atoms with Crippen LogP contribution in [0, 0.1) is 0 Å². The van der Waals surface area contributed by atoms with Gasteiger partial charge < -0.3 is 10.1 Å². The lowest BCUT2D eigenvalue weighted by atomic mass is 10.1. The van der Waals surface area contributed by atoms with Gasteiger partial charge in [-0.15, -0.1) is 0 Å². The van der Waals surface area contributed by atoms with Gasteiger partial charge in [-0.1, -0.05) is 64.5 Å². The van der Waals surface area contributed by atoms with Gasteiger partial charge in [-0.05, 0) is 56.4 Å². The van der Waals surface area contributed by atoms with E-state index in [9.17, 15) is 4.79 Å². The highest BCUT2D eigenvalue weighted by molar-refractivity contribution is 9.11. The number of hydrogen-bond acceptors (Lipinski definition) is 2. The molecule has 0 atom stereocenters. The summed E-state index contributed by atoms with van der Waals surface area (Å²) in [4.78, 5) is 12.4. The Morgan fingerprint density at radius 3 is 2.56 bits per heavy atom. The van der Waals surface area contributed by atoms with Crippen LogP contribution in [0.4, 0.5) is 5.69 Å². The molecule has 0 saturated carbocycles. The molecule has 0 heterocycles. The Balaban J connectivity index is 1.50.